The number of carbonyl (C=O) groups excluding carboxylic acids is 1. The van der Waals surface area contributed by atoms with E-state index in [4.69, 9.17) is 4.74 Å². The van der Waals surface area contributed by atoms with E-state index in [2.05, 4.69) is 5.32 Å². The zero-order chi connectivity index (χ0) is 9.52. The van der Waals surface area contributed by atoms with Gasteiger partial charge in [0.1, 0.15) is 0 Å². The third-order valence-corrected chi connectivity index (χ3v) is 2.41. The topological polar surface area (TPSA) is 38.3 Å². The van der Waals surface area contributed by atoms with Gasteiger partial charge in [0.2, 0.25) is 0 Å². The molecule has 0 saturated carbocycles. The van der Waals surface area contributed by atoms with E-state index in [-0.39, 0.29) is 5.97 Å². The maximum absolute atomic E-state index is 11.0. The predicted molar refractivity (Wildman–Crippen MR) is 51.5 cm³/mol. The van der Waals surface area contributed by atoms with Crippen LogP contribution in [0.15, 0.2) is 0 Å². The van der Waals surface area contributed by atoms with Gasteiger partial charge in [0.15, 0.2) is 0 Å². The molecule has 3 nitrogen and oxygen atoms in total. The lowest BCUT2D eigenvalue weighted by Gasteiger charge is -2.22. The van der Waals surface area contributed by atoms with Crippen LogP contribution in [0.4, 0.5) is 0 Å². The minimum atomic E-state index is -0.0603. The maximum Gasteiger partial charge on any atom is 0.305 e. The van der Waals surface area contributed by atoms with Crippen molar-refractivity contribution in [2.24, 2.45) is 0 Å². The Labute approximate surface area is 79.8 Å². The van der Waals surface area contributed by atoms with Crippen LogP contribution >= 0.6 is 0 Å². The maximum atomic E-state index is 11.0. The second-order valence-electron chi connectivity index (χ2n) is 3.49. The van der Waals surface area contributed by atoms with E-state index in [0.29, 0.717) is 19.1 Å². The summed E-state index contributed by atoms with van der Waals surface area (Å²) in [6.07, 6.45) is 5.26. The first-order valence-electron chi connectivity index (χ1n) is 5.22. The fourth-order valence-electron chi connectivity index (χ4n) is 1.70. The Morgan fingerprint density at radius 1 is 1.54 bits per heavy atom. The standard InChI is InChI=1S/C10H19NO2/c1-2-13-10(12)7-6-9-5-3-4-8-11-9/h9,11H,2-8H2,1H3/t9-/m1/s1. The Morgan fingerprint density at radius 3 is 3.00 bits per heavy atom. The van der Waals surface area contributed by atoms with E-state index < -0.39 is 0 Å². The molecule has 76 valence electrons. The first-order valence-corrected chi connectivity index (χ1v) is 5.22. The number of nitrogens with one attached hydrogen (secondary N) is 1. The minimum Gasteiger partial charge on any atom is -0.466 e. The lowest BCUT2D eigenvalue weighted by atomic mass is 10.0. The van der Waals surface area contributed by atoms with Crippen LogP contribution in [-0.2, 0) is 9.53 Å². The van der Waals surface area contributed by atoms with Crippen LogP contribution in [0, 0.1) is 0 Å². The molecule has 0 aliphatic carbocycles. The van der Waals surface area contributed by atoms with Gasteiger partial charge in [0, 0.05) is 12.5 Å². The number of hydrogen-bond donors (Lipinski definition) is 1. The number of carbonyl (C=O) groups is 1. The third kappa shape index (κ3) is 4.27. The molecule has 1 heterocycles. The average Bonchev–Trinajstić information content (AvgIpc) is 2.17. The fourth-order valence-corrected chi connectivity index (χ4v) is 1.70. The van der Waals surface area contributed by atoms with Gasteiger partial charge in [-0.1, -0.05) is 6.42 Å². The smallest absolute Gasteiger partial charge is 0.305 e. The zero-order valence-electron chi connectivity index (χ0n) is 8.34. The Morgan fingerprint density at radius 2 is 2.38 bits per heavy atom. The van der Waals surface area contributed by atoms with Crippen molar-refractivity contribution in [3.8, 4) is 0 Å². The number of rotatable bonds is 4. The molecule has 1 N–H and O–H groups in total. The van der Waals surface area contributed by atoms with Crippen LogP contribution in [0.1, 0.15) is 39.0 Å². The summed E-state index contributed by atoms with van der Waals surface area (Å²) in [5.41, 5.74) is 0. The van der Waals surface area contributed by atoms with Gasteiger partial charge in [-0.15, -0.1) is 0 Å². The van der Waals surface area contributed by atoms with Crippen molar-refractivity contribution in [2.45, 2.75) is 45.1 Å². The van der Waals surface area contributed by atoms with Crippen molar-refractivity contribution in [3.05, 3.63) is 0 Å². The molecular weight excluding hydrogens is 166 g/mol. The Balaban J connectivity index is 2.06. The molecule has 0 aromatic rings. The van der Waals surface area contributed by atoms with Crippen molar-refractivity contribution in [2.75, 3.05) is 13.2 Å². The molecular formula is C10H19NO2. The van der Waals surface area contributed by atoms with Crippen LogP contribution < -0.4 is 5.32 Å². The summed E-state index contributed by atoms with van der Waals surface area (Å²) in [5.74, 6) is -0.0603. The van der Waals surface area contributed by atoms with Crippen LogP contribution in [0.3, 0.4) is 0 Å². The van der Waals surface area contributed by atoms with Crippen LogP contribution in [-0.4, -0.2) is 25.2 Å². The number of ether oxygens (including phenoxy) is 1. The summed E-state index contributed by atoms with van der Waals surface area (Å²) in [4.78, 5) is 11.0. The molecule has 3 heteroatoms. The summed E-state index contributed by atoms with van der Waals surface area (Å²) in [5, 5.41) is 3.41. The molecule has 0 unspecified atom stereocenters. The van der Waals surface area contributed by atoms with Gasteiger partial charge in [0.05, 0.1) is 6.61 Å². The van der Waals surface area contributed by atoms with Gasteiger partial charge < -0.3 is 10.1 Å². The van der Waals surface area contributed by atoms with Crippen molar-refractivity contribution < 1.29 is 9.53 Å². The van der Waals surface area contributed by atoms with Gasteiger partial charge in [-0.05, 0) is 32.7 Å². The molecule has 1 aliphatic heterocycles. The molecule has 1 aliphatic rings. The van der Waals surface area contributed by atoms with Crippen molar-refractivity contribution in [1.29, 1.82) is 0 Å². The summed E-state index contributed by atoms with van der Waals surface area (Å²) < 4.78 is 4.87. The highest BCUT2D eigenvalue weighted by Crippen LogP contribution is 2.11. The van der Waals surface area contributed by atoms with E-state index in [1.54, 1.807) is 0 Å². The van der Waals surface area contributed by atoms with E-state index in [9.17, 15) is 4.79 Å². The minimum absolute atomic E-state index is 0.0603. The second kappa shape index (κ2) is 5.97. The first kappa shape index (κ1) is 10.5. The van der Waals surface area contributed by atoms with Crippen LogP contribution in [0.2, 0.25) is 0 Å². The summed E-state index contributed by atoms with van der Waals surface area (Å²) >= 11 is 0. The molecule has 13 heavy (non-hydrogen) atoms. The third-order valence-electron chi connectivity index (χ3n) is 2.41. The first-order chi connectivity index (χ1) is 6.33. The lowest BCUT2D eigenvalue weighted by Crippen LogP contribution is -2.34. The van der Waals surface area contributed by atoms with Crippen molar-refractivity contribution in [1.82, 2.24) is 5.32 Å². The largest absolute Gasteiger partial charge is 0.466 e. The van der Waals surface area contributed by atoms with Gasteiger partial charge >= 0.3 is 5.97 Å². The average molecular weight is 185 g/mol. The summed E-state index contributed by atoms with van der Waals surface area (Å²) in [7, 11) is 0. The van der Waals surface area contributed by atoms with Gasteiger partial charge in [0.25, 0.3) is 0 Å². The lowest BCUT2D eigenvalue weighted by molar-refractivity contribution is -0.143. The molecule has 0 aromatic carbocycles. The Bertz CT molecular complexity index is 153. The molecule has 0 amide bonds. The molecule has 1 atom stereocenters. The van der Waals surface area contributed by atoms with Crippen molar-refractivity contribution >= 4 is 5.97 Å². The highest BCUT2D eigenvalue weighted by Gasteiger charge is 2.13. The zero-order valence-corrected chi connectivity index (χ0v) is 8.34. The van der Waals surface area contributed by atoms with Gasteiger partial charge in [-0.3, -0.25) is 4.79 Å². The Kier molecular flexibility index (Phi) is 4.83. The normalized spacial score (nSPS) is 22.7. The number of esters is 1. The van der Waals surface area contributed by atoms with Gasteiger partial charge in [-0.2, -0.15) is 0 Å². The molecule has 0 spiro atoms. The highest BCUT2D eigenvalue weighted by atomic mass is 16.5. The van der Waals surface area contributed by atoms with Gasteiger partial charge in [-0.25, -0.2) is 0 Å². The van der Waals surface area contributed by atoms with E-state index >= 15 is 0 Å². The molecule has 1 saturated heterocycles. The van der Waals surface area contributed by atoms with Crippen LogP contribution in [0.25, 0.3) is 0 Å². The molecule has 0 radical (unpaired) electrons. The summed E-state index contributed by atoms with van der Waals surface area (Å²) in [6, 6.07) is 0.540. The van der Waals surface area contributed by atoms with E-state index in [0.717, 1.165) is 13.0 Å². The predicted octanol–water partition coefficient (Wildman–Crippen LogP) is 1.47. The Hall–Kier alpha value is -0.570. The number of hydrogen-bond acceptors (Lipinski definition) is 3. The summed E-state index contributed by atoms with van der Waals surface area (Å²) in [6.45, 7) is 3.45. The van der Waals surface area contributed by atoms with Crippen molar-refractivity contribution in [3.63, 3.8) is 0 Å². The molecule has 0 bridgehead atoms. The second-order valence-corrected chi connectivity index (χ2v) is 3.49. The highest BCUT2D eigenvalue weighted by molar-refractivity contribution is 5.69. The monoisotopic (exact) mass is 185 g/mol. The SMILES string of the molecule is CCOC(=O)CC[C@H]1CCCCN1. The fraction of sp³-hybridized carbons (Fsp3) is 0.900. The molecule has 1 fully saturated rings. The molecule has 1 rings (SSSR count). The van der Waals surface area contributed by atoms with Crippen LogP contribution in [0.5, 0.6) is 0 Å². The molecule has 0 aromatic heterocycles. The van der Waals surface area contributed by atoms with E-state index in [1.807, 2.05) is 6.92 Å². The van der Waals surface area contributed by atoms with E-state index in [1.165, 1.54) is 19.3 Å². The number of piperidine rings is 1. The quantitative estimate of drug-likeness (QED) is 0.674.